The van der Waals surface area contributed by atoms with Gasteiger partial charge in [0.1, 0.15) is 6.61 Å². The van der Waals surface area contributed by atoms with Crippen molar-refractivity contribution >= 4 is 21.9 Å². The minimum Gasteiger partial charge on any atom is -0.478 e. The van der Waals surface area contributed by atoms with Gasteiger partial charge in [-0.3, -0.25) is 0 Å². The third-order valence-corrected chi connectivity index (χ3v) is 7.67. The number of carbonyl (C=O) groups is 1. The highest BCUT2D eigenvalue weighted by Crippen LogP contribution is 2.29. The predicted octanol–water partition coefficient (Wildman–Crippen LogP) is 3.92. The van der Waals surface area contributed by atoms with Crippen molar-refractivity contribution in [3.05, 3.63) is 65.2 Å². The Kier molecular flexibility index (Phi) is 8.60. The number of nitrogens with two attached hydrogens (primary N) is 1. The Labute approximate surface area is 222 Å². The third kappa shape index (κ3) is 6.85. The quantitative estimate of drug-likeness (QED) is 0.347. The number of hydrogen-bond acceptors (Lipinski definition) is 8. The molecule has 1 unspecified atom stereocenters. The van der Waals surface area contributed by atoms with E-state index in [1.54, 1.807) is 6.07 Å². The highest BCUT2D eigenvalue weighted by Gasteiger charge is 2.21. The summed E-state index contributed by atoms with van der Waals surface area (Å²) < 4.78 is 40.3. The molecule has 0 radical (unpaired) electrons. The zero-order chi connectivity index (χ0) is 27.3. The number of nitrogens with zero attached hydrogens (tertiary/aromatic N) is 2. The predicted molar refractivity (Wildman–Crippen MR) is 143 cm³/mol. The molecule has 2 aromatic carbocycles. The molecule has 1 aliphatic heterocycles. The molecule has 4 N–H and O–H groups in total. The van der Waals surface area contributed by atoms with Crippen molar-refractivity contribution in [2.75, 3.05) is 17.9 Å². The maximum absolute atomic E-state index is 13.1. The number of hydrogen-bond donors (Lipinski definition) is 3. The number of benzene rings is 2. The van der Waals surface area contributed by atoms with Gasteiger partial charge in [0, 0.05) is 24.3 Å². The van der Waals surface area contributed by atoms with E-state index in [0.717, 1.165) is 48.6 Å². The van der Waals surface area contributed by atoms with Crippen LogP contribution < -0.4 is 15.2 Å². The van der Waals surface area contributed by atoms with Crippen LogP contribution in [0.1, 0.15) is 47.2 Å². The first-order valence-electron chi connectivity index (χ1n) is 12.4. The van der Waals surface area contributed by atoms with Gasteiger partial charge < -0.3 is 20.3 Å². The van der Waals surface area contributed by atoms with Crippen LogP contribution in [0.5, 0.6) is 5.88 Å². The van der Waals surface area contributed by atoms with Crippen LogP contribution >= 0.6 is 0 Å². The zero-order valence-corrected chi connectivity index (χ0v) is 22.2. The van der Waals surface area contributed by atoms with Crippen LogP contribution in [0.25, 0.3) is 11.3 Å². The van der Waals surface area contributed by atoms with Crippen LogP contribution in [0, 0.1) is 13.8 Å². The molecule has 3 aromatic rings. The Bertz CT molecular complexity index is 1390. The molecule has 1 fully saturated rings. The van der Waals surface area contributed by atoms with E-state index in [-0.39, 0.29) is 41.0 Å². The molecule has 1 aliphatic rings. The van der Waals surface area contributed by atoms with Gasteiger partial charge in [-0.25, -0.2) is 22.9 Å². The average molecular weight is 541 g/mol. The van der Waals surface area contributed by atoms with Crippen molar-refractivity contribution in [1.29, 1.82) is 0 Å². The number of aromatic carboxylic acids is 1. The molecule has 4 rings (SSSR count). The van der Waals surface area contributed by atoms with E-state index in [1.165, 1.54) is 18.2 Å². The average Bonchev–Trinajstić information content (AvgIpc) is 2.88. The van der Waals surface area contributed by atoms with Crippen molar-refractivity contribution in [2.24, 2.45) is 5.73 Å². The molecule has 0 spiro atoms. The van der Waals surface area contributed by atoms with Crippen molar-refractivity contribution in [2.45, 2.75) is 56.6 Å². The lowest BCUT2D eigenvalue weighted by atomic mass is 10.00. The summed E-state index contributed by atoms with van der Waals surface area (Å²) >= 11 is 0. The van der Waals surface area contributed by atoms with E-state index in [9.17, 15) is 18.3 Å². The molecule has 2 atom stereocenters. The maximum atomic E-state index is 13.1. The summed E-state index contributed by atoms with van der Waals surface area (Å²) in [6.45, 7) is 4.77. The lowest BCUT2D eigenvalue weighted by Gasteiger charge is -2.25. The largest absolute Gasteiger partial charge is 0.478 e. The molecule has 202 valence electrons. The van der Waals surface area contributed by atoms with Crippen LogP contribution in [0.4, 0.5) is 5.95 Å². The summed E-state index contributed by atoms with van der Waals surface area (Å²) in [4.78, 5) is 19.8. The number of carboxylic acid groups (broad SMARTS) is 1. The summed E-state index contributed by atoms with van der Waals surface area (Å²) in [6, 6.07) is 12.2. The number of anilines is 1. The molecule has 0 aliphatic carbocycles. The first kappa shape index (κ1) is 27.5. The fourth-order valence-electron chi connectivity index (χ4n) is 4.46. The number of aromatic nitrogens is 2. The first-order valence-corrected chi connectivity index (χ1v) is 13.9. The maximum Gasteiger partial charge on any atom is 0.335 e. The molecule has 2 heterocycles. The monoisotopic (exact) mass is 540 g/mol. The highest BCUT2D eigenvalue weighted by atomic mass is 32.2. The molecule has 10 nitrogen and oxygen atoms in total. The first-order chi connectivity index (χ1) is 18.1. The van der Waals surface area contributed by atoms with Gasteiger partial charge in [-0.2, -0.15) is 4.98 Å². The number of carboxylic acids is 1. The molecule has 0 bridgehead atoms. The SMILES string of the molecule is Cc1cccc(C)c1-c1cc(OCC(N)C[C@@H]2CCCCO2)nc(NS(=O)(=O)c2cccc(C(=O)O)c2)n1. The van der Waals surface area contributed by atoms with E-state index in [2.05, 4.69) is 14.7 Å². The van der Waals surface area contributed by atoms with Crippen molar-refractivity contribution < 1.29 is 27.8 Å². The van der Waals surface area contributed by atoms with Crippen LogP contribution in [-0.4, -0.2) is 54.8 Å². The third-order valence-electron chi connectivity index (χ3n) is 6.34. The van der Waals surface area contributed by atoms with Crippen LogP contribution in [0.15, 0.2) is 53.4 Å². The molecule has 11 heteroatoms. The highest BCUT2D eigenvalue weighted by molar-refractivity contribution is 7.92. The van der Waals surface area contributed by atoms with Gasteiger partial charge in [0.05, 0.1) is 22.3 Å². The van der Waals surface area contributed by atoms with E-state index >= 15 is 0 Å². The number of nitrogens with one attached hydrogen (secondary N) is 1. The molecule has 0 amide bonds. The Morgan fingerprint density at radius 1 is 1.16 bits per heavy atom. The molecule has 38 heavy (non-hydrogen) atoms. The van der Waals surface area contributed by atoms with E-state index in [4.69, 9.17) is 15.2 Å². The second kappa shape index (κ2) is 11.9. The Balaban J connectivity index is 1.62. The fourth-order valence-corrected chi connectivity index (χ4v) is 5.45. The Morgan fingerprint density at radius 2 is 1.89 bits per heavy atom. The molecule has 0 saturated carbocycles. The van der Waals surface area contributed by atoms with Gasteiger partial charge in [-0.1, -0.05) is 24.3 Å². The van der Waals surface area contributed by atoms with Crippen molar-refractivity contribution in [3.8, 4) is 17.1 Å². The Hall–Kier alpha value is -3.54. The van der Waals surface area contributed by atoms with Gasteiger partial charge in [0.25, 0.3) is 10.0 Å². The number of rotatable bonds is 10. The lowest BCUT2D eigenvalue weighted by molar-refractivity contribution is 0.00479. The van der Waals surface area contributed by atoms with Crippen LogP contribution in [-0.2, 0) is 14.8 Å². The van der Waals surface area contributed by atoms with Gasteiger partial charge in [0.2, 0.25) is 11.8 Å². The minimum atomic E-state index is -4.19. The van der Waals surface area contributed by atoms with Crippen molar-refractivity contribution in [3.63, 3.8) is 0 Å². The molecule has 1 saturated heterocycles. The Morgan fingerprint density at radius 3 is 2.58 bits per heavy atom. The minimum absolute atomic E-state index is 0.0989. The summed E-state index contributed by atoms with van der Waals surface area (Å²) in [5.41, 5.74) is 9.34. The van der Waals surface area contributed by atoms with Gasteiger partial charge >= 0.3 is 5.97 Å². The fraction of sp³-hybridized carbons (Fsp3) is 0.370. The smallest absolute Gasteiger partial charge is 0.335 e. The normalized spacial score (nSPS) is 16.6. The topological polar surface area (TPSA) is 154 Å². The summed E-state index contributed by atoms with van der Waals surface area (Å²) in [7, 11) is -4.19. The number of ether oxygens (including phenoxy) is 2. The van der Waals surface area contributed by atoms with Gasteiger partial charge in [-0.05, 0) is 68.9 Å². The van der Waals surface area contributed by atoms with Crippen molar-refractivity contribution in [1.82, 2.24) is 9.97 Å². The molecule has 1 aromatic heterocycles. The van der Waals surface area contributed by atoms with E-state index in [0.29, 0.717) is 12.1 Å². The summed E-state index contributed by atoms with van der Waals surface area (Å²) in [6.07, 6.45) is 3.88. The van der Waals surface area contributed by atoms with Gasteiger partial charge in [0.15, 0.2) is 0 Å². The lowest BCUT2D eigenvalue weighted by Crippen LogP contribution is -2.34. The number of sulfonamides is 1. The van der Waals surface area contributed by atoms with E-state index in [1.807, 2.05) is 32.0 Å². The summed E-state index contributed by atoms with van der Waals surface area (Å²) in [5, 5.41) is 9.25. The zero-order valence-electron chi connectivity index (χ0n) is 21.4. The van der Waals surface area contributed by atoms with Crippen LogP contribution in [0.2, 0.25) is 0 Å². The van der Waals surface area contributed by atoms with E-state index < -0.39 is 16.0 Å². The van der Waals surface area contributed by atoms with Crippen LogP contribution in [0.3, 0.4) is 0 Å². The second-order valence-electron chi connectivity index (χ2n) is 9.42. The molecular formula is C27H32N4O6S. The number of aryl methyl sites for hydroxylation is 2. The molecular weight excluding hydrogens is 508 g/mol. The van der Waals surface area contributed by atoms with Gasteiger partial charge in [-0.15, -0.1) is 0 Å². The summed E-state index contributed by atoms with van der Waals surface area (Å²) in [5.74, 6) is -1.28. The standard InChI is InChI=1S/C27H32N4O6S/c1-17-7-5-8-18(2)25(17)23-15-24(37-16-20(28)14-21-10-3-4-12-36-21)30-27(29-23)31-38(34,35)22-11-6-9-19(13-22)26(32)33/h5-9,11,13,15,20-21H,3-4,10,12,14,16,28H2,1-2H3,(H,32,33)(H,29,30,31)/t20?,21-/m0/s1. The second-order valence-corrected chi connectivity index (χ2v) is 11.1.